The van der Waals surface area contributed by atoms with Gasteiger partial charge >= 0.3 is 0 Å². The number of hydrogen-bond acceptors (Lipinski definition) is 6. The summed E-state index contributed by atoms with van der Waals surface area (Å²) in [6, 6.07) is 15.8. The summed E-state index contributed by atoms with van der Waals surface area (Å²) in [7, 11) is 3.51. The summed E-state index contributed by atoms with van der Waals surface area (Å²) in [4.78, 5) is 21.4. The molecule has 6 nitrogen and oxygen atoms in total. The van der Waals surface area contributed by atoms with E-state index in [1.807, 2.05) is 61.8 Å². The smallest absolute Gasteiger partial charge is 0.237 e. The molecule has 0 fully saturated rings. The van der Waals surface area contributed by atoms with Crippen molar-refractivity contribution in [2.24, 2.45) is 0 Å². The molecule has 7 heteroatoms. The molecule has 2 heterocycles. The van der Waals surface area contributed by atoms with Gasteiger partial charge < -0.3 is 14.4 Å². The Morgan fingerprint density at radius 1 is 1.29 bits per heavy atom. The third-order valence-electron chi connectivity index (χ3n) is 5.69. The molecule has 1 amide bonds. The molecule has 0 saturated carbocycles. The largest absolute Gasteiger partial charge is 0.496 e. The predicted octanol–water partition coefficient (Wildman–Crippen LogP) is 4.31. The Kier molecular flexibility index (Phi) is 6.53. The summed E-state index contributed by atoms with van der Waals surface area (Å²) in [5.41, 5.74) is 2.05. The number of carbonyl (C=O) groups excluding carboxylic acids is 1. The highest BCUT2D eigenvalue weighted by atomic mass is 32.1. The summed E-state index contributed by atoms with van der Waals surface area (Å²) < 4.78 is 12.0. The second kappa shape index (κ2) is 9.49. The van der Waals surface area contributed by atoms with Crippen LogP contribution >= 0.6 is 11.3 Å². The van der Waals surface area contributed by atoms with Crippen molar-refractivity contribution in [2.45, 2.75) is 25.6 Å². The monoisotopic (exact) mass is 437 g/mol. The van der Waals surface area contributed by atoms with Crippen LogP contribution in [-0.2, 0) is 11.3 Å². The van der Waals surface area contributed by atoms with Crippen LogP contribution in [0.15, 0.2) is 60.1 Å². The minimum Gasteiger partial charge on any atom is -0.496 e. The molecule has 1 aliphatic rings. The highest BCUT2D eigenvalue weighted by molar-refractivity contribution is 7.09. The van der Waals surface area contributed by atoms with Crippen LogP contribution in [0.2, 0.25) is 0 Å². The molecule has 31 heavy (non-hydrogen) atoms. The van der Waals surface area contributed by atoms with E-state index >= 15 is 0 Å². The van der Waals surface area contributed by atoms with Crippen molar-refractivity contribution in [1.82, 2.24) is 14.8 Å². The first-order chi connectivity index (χ1) is 15.1. The minimum atomic E-state index is -0.241. The van der Waals surface area contributed by atoms with Gasteiger partial charge in [-0.25, -0.2) is 4.98 Å². The van der Waals surface area contributed by atoms with E-state index in [2.05, 4.69) is 16.0 Å². The van der Waals surface area contributed by atoms with Crippen molar-refractivity contribution in [1.29, 1.82) is 0 Å². The molecular formula is C24H27N3O3S. The van der Waals surface area contributed by atoms with Crippen LogP contribution in [0.25, 0.3) is 0 Å². The van der Waals surface area contributed by atoms with Crippen molar-refractivity contribution >= 4 is 17.2 Å². The summed E-state index contributed by atoms with van der Waals surface area (Å²) >= 11 is 1.57. The van der Waals surface area contributed by atoms with Gasteiger partial charge in [0.2, 0.25) is 5.91 Å². The second-order valence-electron chi connectivity index (χ2n) is 7.68. The number of benzene rings is 2. The molecular weight excluding hydrogens is 410 g/mol. The first-order valence-electron chi connectivity index (χ1n) is 10.3. The van der Waals surface area contributed by atoms with Crippen LogP contribution in [0.3, 0.4) is 0 Å². The van der Waals surface area contributed by atoms with Gasteiger partial charge in [-0.2, -0.15) is 0 Å². The van der Waals surface area contributed by atoms with Gasteiger partial charge in [-0.15, -0.1) is 11.3 Å². The Hall–Kier alpha value is -2.90. The summed E-state index contributed by atoms with van der Waals surface area (Å²) in [5.74, 6) is 1.69. The molecule has 0 radical (unpaired) electrons. The lowest BCUT2D eigenvalue weighted by Gasteiger charge is -2.28. The van der Waals surface area contributed by atoms with Gasteiger partial charge in [-0.3, -0.25) is 9.69 Å². The molecule has 1 aromatic heterocycles. The van der Waals surface area contributed by atoms with Crippen LogP contribution in [0.4, 0.5) is 0 Å². The molecule has 1 aliphatic heterocycles. The third kappa shape index (κ3) is 4.73. The van der Waals surface area contributed by atoms with Crippen molar-refractivity contribution < 1.29 is 14.3 Å². The number of likely N-dealkylation sites (N-methyl/N-ethyl adjacent to an activating group) is 1. The van der Waals surface area contributed by atoms with Gasteiger partial charge in [-0.05, 0) is 19.1 Å². The lowest BCUT2D eigenvalue weighted by atomic mass is 10.1. The van der Waals surface area contributed by atoms with Crippen LogP contribution in [0, 0.1) is 0 Å². The van der Waals surface area contributed by atoms with Gasteiger partial charge in [0.15, 0.2) is 0 Å². The normalized spacial score (nSPS) is 17.2. The Morgan fingerprint density at radius 3 is 2.84 bits per heavy atom. The van der Waals surface area contributed by atoms with Crippen LogP contribution in [-0.4, -0.2) is 47.9 Å². The van der Waals surface area contributed by atoms with E-state index in [1.165, 1.54) is 0 Å². The Bertz CT molecular complexity index is 1020. The number of hydrogen-bond donors (Lipinski definition) is 0. The lowest BCUT2D eigenvalue weighted by Crippen LogP contribution is -2.40. The third-order valence-corrected chi connectivity index (χ3v) is 6.63. The number of ether oxygens (including phenoxy) is 2. The Labute approximate surface area is 187 Å². The molecule has 0 N–H and O–H groups in total. The number of para-hydroxylation sites is 2. The predicted molar refractivity (Wildman–Crippen MR) is 121 cm³/mol. The number of nitrogens with zero attached hydrogens (tertiary/aromatic N) is 3. The standard InChI is InChI=1S/C24H27N3O3S/c1-17(24-25-12-13-31-24)26(2)23(28)16-27-14-18-8-4-6-10-20(18)30-22(15-27)19-9-5-7-11-21(19)29-3/h4-13,17,22H,14-16H2,1-3H3/t17-,22-/m0/s1. The van der Waals surface area contributed by atoms with E-state index in [4.69, 9.17) is 9.47 Å². The fraction of sp³-hybridized carbons (Fsp3) is 0.333. The summed E-state index contributed by atoms with van der Waals surface area (Å²) in [6.45, 7) is 3.54. The number of aromatic nitrogens is 1. The Balaban J connectivity index is 1.57. The van der Waals surface area contributed by atoms with E-state index in [1.54, 1.807) is 29.5 Å². The number of fused-ring (bicyclic) bond motifs is 1. The number of rotatable bonds is 6. The highest BCUT2D eigenvalue weighted by Gasteiger charge is 2.29. The van der Waals surface area contributed by atoms with Gasteiger partial charge in [0.05, 0.1) is 19.7 Å². The Morgan fingerprint density at radius 2 is 2.06 bits per heavy atom. The maximum absolute atomic E-state index is 13.1. The average molecular weight is 438 g/mol. The number of carbonyl (C=O) groups is 1. The second-order valence-corrected chi connectivity index (χ2v) is 8.60. The van der Waals surface area contributed by atoms with Crippen LogP contribution in [0.5, 0.6) is 11.5 Å². The molecule has 2 aromatic carbocycles. The van der Waals surface area contributed by atoms with Crippen molar-refractivity contribution in [2.75, 3.05) is 27.2 Å². The zero-order chi connectivity index (χ0) is 21.8. The van der Waals surface area contributed by atoms with E-state index in [9.17, 15) is 4.79 Å². The quantitative estimate of drug-likeness (QED) is 0.575. The average Bonchev–Trinajstić information content (AvgIpc) is 3.27. The fourth-order valence-corrected chi connectivity index (χ4v) is 4.56. The molecule has 0 unspecified atom stereocenters. The molecule has 0 bridgehead atoms. The van der Waals surface area contributed by atoms with E-state index in [0.29, 0.717) is 19.6 Å². The van der Waals surface area contributed by atoms with E-state index < -0.39 is 0 Å². The first kappa shape index (κ1) is 21.3. The topological polar surface area (TPSA) is 54.9 Å². The van der Waals surface area contributed by atoms with Crippen molar-refractivity contribution in [3.63, 3.8) is 0 Å². The molecule has 3 aromatic rings. The molecule has 0 spiro atoms. The molecule has 0 saturated heterocycles. The zero-order valence-corrected chi connectivity index (χ0v) is 18.8. The summed E-state index contributed by atoms with van der Waals surface area (Å²) in [6.07, 6.45) is 1.53. The maximum atomic E-state index is 13.1. The van der Waals surface area contributed by atoms with Gasteiger partial charge in [0.1, 0.15) is 22.6 Å². The van der Waals surface area contributed by atoms with E-state index in [-0.39, 0.29) is 18.1 Å². The molecule has 4 rings (SSSR count). The van der Waals surface area contributed by atoms with Gasteiger partial charge in [0, 0.05) is 42.8 Å². The van der Waals surface area contributed by atoms with Crippen molar-refractivity contribution in [3.8, 4) is 11.5 Å². The fourth-order valence-electron chi connectivity index (χ4n) is 3.82. The number of methoxy groups -OCH3 is 1. The molecule has 162 valence electrons. The molecule has 0 aliphatic carbocycles. The minimum absolute atomic E-state index is 0.0563. The number of thiazole rings is 1. The molecule has 2 atom stereocenters. The van der Waals surface area contributed by atoms with Crippen LogP contribution < -0.4 is 9.47 Å². The zero-order valence-electron chi connectivity index (χ0n) is 18.0. The highest BCUT2D eigenvalue weighted by Crippen LogP contribution is 2.34. The van der Waals surface area contributed by atoms with E-state index in [0.717, 1.165) is 27.6 Å². The lowest BCUT2D eigenvalue weighted by molar-refractivity contribution is -0.133. The SMILES string of the molecule is COc1ccccc1[C@@H]1CN(CC(=O)N(C)[C@@H](C)c2nccs2)Cc2ccccc2O1. The van der Waals surface area contributed by atoms with Crippen LogP contribution in [0.1, 0.15) is 35.2 Å². The first-order valence-corrected chi connectivity index (χ1v) is 11.2. The maximum Gasteiger partial charge on any atom is 0.237 e. The number of amides is 1. The summed E-state index contributed by atoms with van der Waals surface area (Å²) in [5, 5.41) is 2.87. The van der Waals surface area contributed by atoms with Crippen molar-refractivity contribution in [3.05, 3.63) is 76.2 Å². The van der Waals surface area contributed by atoms with Gasteiger partial charge in [-0.1, -0.05) is 36.4 Å². The van der Waals surface area contributed by atoms with Gasteiger partial charge in [0.25, 0.3) is 0 Å².